The number of hydrogen-bond acceptors (Lipinski definition) is 3. The molecule has 0 aliphatic rings. The summed E-state index contributed by atoms with van der Waals surface area (Å²) >= 11 is 7.89. The molecule has 1 heterocycles. The molecule has 0 saturated heterocycles. The minimum atomic E-state index is -1.08. The lowest BCUT2D eigenvalue weighted by Crippen LogP contribution is -1.98. The van der Waals surface area contributed by atoms with Gasteiger partial charge in [-0.05, 0) is 46.9 Å². The lowest BCUT2D eigenvalue weighted by molar-refractivity contribution is 0.0696. The van der Waals surface area contributed by atoms with Crippen LogP contribution in [0.2, 0.25) is 5.15 Å². The van der Waals surface area contributed by atoms with Crippen LogP contribution in [0.5, 0.6) is 11.6 Å². The fraction of sp³-hybridized carbons (Fsp3) is 0. The number of aromatic carboxylic acids is 1. The van der Waals surface area contributed by atoms with Gasteiger partial charge in [-0.2, -0.15) is 0 Å². The highest BCUT2D eigenvalue weighted by Crippen LogP contribution is 2.24. The van der Waals surface area contributed by atoms with Gasteiger partial charge in [0.25, 0.3) is 0 Å². The van der Waals surface area contributed by atoms with Crippen molar-refractivity contribution in [1.29, 1.82) is 0 Å². The van der Waals surface area contributed by atoms with Crippen molar-refractivity contribution in [3.05, 3.63) is 50.7 Å². The summed E-state index contributed by atoms with van der Waals surface area (Å²) in [6.07, 6.45) is 0. The molecule has 0 amide bonds. The summed E-state index contributed by atoms with van der Waals surface area (Å²) in [5, 5.41) is 8.98. The maximum absolute atomic E-state index is 10.9. The third kappa shape index (κ3) is 3.33. The van der Waals surface area contributed by atoms with E-state index in [1.807, 2.05) is 18.2 Å². The monoisotopic (exact) mass is 375 g/mol. The van der Waals surface area contributed by atoms with Crippen LogP contribution < -0.4 is 4.74 Å². The summed E-state index contributed by atoms with van der Waals surface area (Å²) in [6, 6.07) is 9.91. The van der Waals surface area contributed by atoms with Gasteiger partial charge in [0.1, 0.15) is 10.9 Å². The van der Waals surface area contributed by atoms with Gasteiger partial charge in [-0.25, -0.2) is 9.78 Å². The number of rotatable bonds is 3. The molecular weight excluding hydrogens is 368 g/mol. The fourth-order valence-electron chi connectivity index (χ4n) is 1.30. The molecule has 18 heavy (non-hydrogen) atoms. The van der Waals surface area contributed by atoms with Gasteiger partial charge in [-0.15, -0.1) is 0 Å². The van der Waals surface area contributed by atoms with Crippen molar-refractivity contribution in [2.45, 2.75) is 0 Å². The van der Waals surface area contributed by atoms with Crippen molar-refractivity contribution >= 4 is 40.2 Å². The van der Waals surface area contributed by atoms with E-state index in [4.69, 9.17) is 21.4 Å². The summed E-state index contributed by atoms with van der Waals surface area (Å²) in [6.45, 7) is 0. The Labute approximate surface area is 122 Å². The van der Waals surface area contributed by atoms with E-state index in [0.717, 1.165) is 3.57 Å². The van der Waals surface area contributed by atoms with Crippen LogP contribution in [0.1, 0.15) is 10.4 Å². The number of carbonyl (C=O) groups is 1. The first kappa shape index (κ1) is 13.1. The molecule has 0 unspecified atom stereocenters. The highest BCUT2D eigenvalue weighted by Gasteiger charge is 2.09. The summed E-state index contributed by atoms with van der Waals surface area (Å²) in [7, 11) is 0. The number of pyridine rings is 1. The third-order valence-corrected chi connectivity index (χ3v) is 2.90. The first-order chi connectivity index (χ1) is 8.54. The molecule has 2 aromatic rings. The lowest BCUT2D eigenvalue weighted by Gasteiger charge is -2.06. The highest BCUT2D eigenvalue weighted by molar-refractivity contribution is 14.1. The second-order valence-corrected chi connectivity index (χ2v) is 5.01. The third-order valence-electron chi connectivity index (χ3n) is 2.04. The van der Waals surface area contributed by atoms with Gasteiger partial charge in [-0.3, -0.25) is 0 Å². The molecule has 0 aliphatic carbocycles. The molecular formula is C12H7ClINO3. The van der Waals surface area contributed by atoms with Crippen molar-refractivity contribution < 1.29 is 14.6 Å². The number of halogens is 2. The molecule has 1 aromatic carbocycles. The van der Waals surface area contributed by atoms with Crippen LogP contribution in [-0.2, 0) is 0 Å². The van der Waals surface area contributed by atoms with Crippen LogP contribution in [0.4, 0.5) is 0 Å². The van der Waals surface area contributed by atoms with Crippen molar-refractivity contribution in [3.8, 4) is 11.6 Å². The normalized spacial score (nSPS) is 10.1. The Kier molecular flexibility index (Phi) is 4.03. The number of carboxylic acids is 1. The van der Waals surface area contributed by atoms with E-state index in [1.54, 1.807) is 6.07 Å². The van der Waals surface area contributed by atoms with Gasteiger partial charge < -0.3 is 9.84 Å². The Morgan fingerprint density at radius 1 is 1.33 bits per heavy atom. The summed E-state index contributed by atoms with van der Waals surface area (Å²) in [5.74, 6) is -0.346. The zero-order chi connectivity index (χ0) is 13.1. The number of ether oxygens (including phenoxy) is 1. The number of carboxylic acid groups (broad SMARTS) is 1. The van der Waals surface area contributed by atoms with Crippen LogP contribution in [0.15, 0.2) is 36.4 Å². The Morgan fingerprint density at radius 2 is 2.11 bits per heavy atom. The molecule has 0 radical (unpaired) electrons. The predicted molar refractivity (Wildman–Crippen MR) is 75.4 cm³/mol. The lowest BCUT2D eigenvalue weighted by atomic mass is 10.3. The van der Waals surface area contributed by atoms with Crippen LogP contribution in [0, 0.1) is 3.57 Å². The number of aromatic nitrogens is 1. The molecule has 1 N–H and O–H groups in total. The SMILES string of the molecule is O=C(O)c1cc(Cl)nc(Oc2cccc(I)c2)c1. The Bertz CT molecular complexity index is 604. The topological polar surface area (TPSA) is 59.4 Å². The zero-order valence-electron chi connectivity index (χ0n) is 8.93. The molecule has 0 fully saturated rings. The quantitative estimate of drug-likeness (QED) is 0.654. The van der Waals surface area contributed by atoms with E-state index in [0.29, 0.717) is 5.75 Å². The van der Waals surface area contributed by atoms with Gasteiger partial charge in [0, 0.05) is 9.64 Å². The summed E-state index contributed by atoms with van der Waals surface area (Å²) in [4.78, 5) is 14.8. The maximum atomic E-state index is 10.9. The summed E-state index contributed by atoms with van der Waals surface area (Å²) < 4.78 is 6.47. The second kappa shape index (κ2) is 5.53. The minimum Gasteiger partial charge on any atom is -0.478 e. The average molecular weight is 376 g/mol. The Balaban J connectivity index is 2.31. The van der Waals surface area contributed by atoms with Gasteiger partial charge in [-0.1, -0.05) is 17.7 Å². The molecule has 0 aliphatic heterocycles. The first-order valence-electron chi connectivity index (χ1n) is 4.89. The van der Waals surface area contributed by atoms with Gasteiger partial charge >= 0.3 is 5.97 Å². The van der Waals surface area contributed by atoms with Crippen LogP contribution in [0.25, 0.3) is 0 Å². The number of nitrogens with zero attached hydrogens (tertiary/aromatic N) is 1. The maximum Gasteiger partial charge on any atom is 0.335 e. The van der Waals surface area contributed by atoms with Crippen LogP contribution in [0.3, 0.4) is 0 Å². The van der Waals surface area contributed by atoms with E-state index in [-0.39, 0.29) is 16.6 Å². The minimum absolute atomic E-state index is 0.0376. The molecule has 2 rings (SSSR count). The van der Waals surface area contributed by atoms with E-state index in [9.17, 15) is 4.79 Å². The molecule has 0 bridgehead atoms. The van der Waals surface area contributed by atoms with Gasteiger partial charge in [0.15, 0.2) is 0 Å². The zero-order valence-corrected chi connectivity index (χ0v) is 11.8. The molecule has 0 spiro atoms. The molecule has 1 aromatic heterocycles. The second-order valence-electron chi connectivity index (χ2n) is 3.38. The van der Waals surface area contributed by atoms with Crippen LogP contribution in [-0.4, -0.2) is 16.1 Å². The smallest absolute Gasteiger partial charge is 0.335 e. The van der Waals surface area contributed by atoms with E-state index < -0.39 is 5.97 Å². The van der Waals surface area contributed by atoms with Crippen molar-refractivity contribution in [3.63, 3.8) is 0 Å². The molecule has 4 nitrogen and oxygen atoms in total. The standard InChI is InChI=1S/C12H7ClINO3/c13-10-4-7(12(16)17)5-11(15-10)18-9-3-1-2-8(14)6-9/h1-6H,(H,16,17). The van der Waals surface area contributed by atoms with Crippen LogP contribution >= 0.6 is 34.2 Å². The number of benzene rings is 1. The van der Waals surface area contributed by atoms with E-state index >= 15 is 0 Å². The molecule has 0 saturated carbocycles. The number of hydrogen-bond donors (Lipinski definition) is 1. The molecule has 0 atom stereocenters. The Morgan fingerprint density at radius 3 is 2.78 bits per heavy atom. The van der Waals surface area contributed by atoms with Crippen molar-refractivity contribution in [2.24, 2.45) is 0 Å². The van der Waals surface area contributed by atoms with Gasteiger partial charge in [0.05, 0.1) is 5.56 Å². The van der Waals surface area contributed by atoms with E-state index in [2.05, 4.69) is 27.6 Å². The summed E-state index contributed by atoms with van der Waals surface area (Å²) in [5.41, 5.74) is 0.0376. The molecule has 6 heteroatoms. The van der Waals surface area contributed by atoms with Crippen molar-refractivity contribution in [2.75, 3.05) is 0 Å². The molecule has 92 valence electrons. The average Bonchev–Trinajstić information content (AvgIpc) is 2.28. The first-order valence-corrected chi connectivity index (χ1v) is 6.34. The Hall–Kier alpha value is -1.34. The highest BCUT2D eigenvalue weighted by atomic mass is 127. The van der Waals surface area contributed by atoms with Crippen molar-refractivity contribution in [1.82, 2.24) is 4.98 Å². The fourth-order valence-corrected chi connectivity index (χ4v) is 2.02. The predicted octanol–water partition coefficient (Wildman–Crippen LogP) is 3.83. The van der Waals surface area contributed by atoms with Gasteiger partial charge in [0.2, 0.25) is 5.88 Å². The largest absolute Gasteiger partial charge is 0.478 e. The van der Waals surface area contributed by atoms with E-state index in [1.165, 1.54) is 12.1 Å².